The second kappa shape index (κ2) is 7.30. The van der Waals surface area contributed by atoms with Gasteiger partial charge in [-0.15, -0.1) is 0 Å². The second-order valence-electron chi connectivity index (χ2n) is 7.49. The van der Waals surface area contributed by atoms with E-state index in [4.69, 9.17) is 4.74 Å². The van der Waals surface area contributed by atoms with Crippen LogP contribution >= 0.6 is 0 Å². The molecular weight excluding hydrogens is 310 g/mol. The van der Waals surface area contributed by atoms with Crippen LogP contribution in [0.25, 0.3) is 0 Å². The van der Waals surface area contributed by atoms with Crippen LogP contribution in [0.1, 0.15) is 24.0 Å². The molecule has 0 spiro atoms. The van der Waals surface area contributed by atoms with Crippen molar-refractivity contribution < 1.29 is 9.53 Å². The summed E-state index contributed by atoms with van der Waals surface area (Å²) in [5.74, 6) is 2.07. The SMILES string of the molecule is O=C(OCc1ccccc1)N1C[C@H]2C[C@H](Cc3ccccc3)C[C@H]2C1. The first kappa shape index (κ1) is 16.2. The minimum absolute atomic E-state index is 0.155. The van der Waals surface area contributed by atoms with Crippen LogP contribution in [-0.4, -0.2) is 24.1 Å². The lowest BCUT2D eigenvalue weighted by Gasteiger charge is -2.19. The highest BCUT2D eigenvalue weighted by Crippen LogP contribution is 2.42. The maximum Gasteiger partial charge on any atom is 0.410 e. The summed E-state index contributed by atoms with van der Waals surface area (Å²) in [5.41, 5.74) is 2.48. The lowest BCUT2D eigenvalue weighted by molar-refractivity contribution is 0.101. The van der Waals surface area contributed by atoms with E-state index in [1.54, 1.807) is 0 Å². The molecule has 0 aromatic heterocycles. The number of ether oxygens (including phenoxy) is 1. The van der Waals surface area contributed by atoms with Crippen LogP contribution in [0.3, 0.4) is 0 Å². The maximum atomic E-state index is 12.3. The van der Waals surface area contributed by atoms with Crippen molar-refractivity contribution in [2.24, 2.45) is 17.8 Å². The molecule has 2 aromatic carbocycles. The average molecular weight is 335 g/mol. The molecule has 0 unspecified atom stereocenters. The number of nitrogens with zero attached hydrogens (tertiary/aromatic N) is 1. The molecule has 1 saturated carbocycles. The molecule has 0 N–H and O–H groups in total. The number of amides is 1. The van der Waals surface area contributed by atoms with E-state index in [9.17, 15) is 4.79 Å². The molecule has 0 radical (unpaired) electrons. The summed E-state index contributed by atoms with van der Waals surface area (Å²) in [6.45, 7) is 2.09. The van der Waals surface area contributed by atoms with Gasteiger partial charge in [0, 0.05) is 13.1 Å². The van der Waals surface area contributed by atoms with E-state index in [-0.39, 0.29) is 6.09 Å². The molecule has 3 nitrogen and oxygen atoms in total. The van der Waals surface area contributed by atoms with Gasteiger partial charge in [0.25, 0.3) is 0 Å². The number of carbonyl (C=O) groups excluding carboxylic acids is 1. The van der Waals surface area contributed by atoms with Crippen LogP contribution in [0, 0.1) is 17.8 Å². The van der Waals surface area contributed by atoms with Crippen molar-refractivity contribution >= 4 is 6.09 Å². The van der Waals surface area contributed by atoms with Gasteiger partial charge < -0.3 is 9.64 Å². The smallest absolute Gasteiger partial charge is 0.410 e. The van der Waals surface area contributed by atoms with Gasteiger partial charge in [-0.25, -0.2) is 4.79 Å². The quantitative estimate of drug-likeness (QED) is 0.822. The van der Waals surface area contributed by atoms with Gasteiger partial charge in [-0.1, -0.05) is 60.7 Å². The van der Waals surface area contributed by atoms with Gasteiger partial charge in [0.05, 0.1) is 0 Å². The zero-order valence-corrected chi connectivity index (χ0v) is 14.5. The molecule has 1 aliphatic heterocycles. The van der Waals surface area contributed by atoms with E-state index >= 15 is 0 Å². The predicted molar refractivity (Wildman–Crippen MR) is 98.1 cm³/mol. The normalized spacial score (nSPS) is 25.0. The third-order valence-corrected chi connectivity index (χ3v) is 5.68. The van der Waals surface area contributed by atoms with E-state index in [1.807, 2.05) is 35.2 Å². The molecule has 3 heteroatoms. The monoisotopic (exact) mass is 335 g/mol. The molecular formula is C22H25NO2. The van der Waals surface area contributed by atoms with Crippen molar-refractivity contribution in [2.75, 3.05) is 13.1 Å². The fourth-order valence-corrected chi connectivity index (χ4v) is 4.50. The Bertz CT molecular complexity index is 686. The Morgan fingerprint density at radius 2 is 1.44 bits per heavy atom. The minimum Gasteiger partial charge on any atom is -0.445 e. The Morgan fingerprint density at radius 3 is 2.04 bits per heavy atom. The highest BCUT2D eigenvalue weighted by Gasteiger charge is 2.42. The first-order valence-electron chi connectivity index (χ1n) is 9.27. The first-order chi connectivity index (χ1) is 12.3. The van der Waals surface area contributed by atoms with E-state index in [2.05, 4.69) is 30.3 Å². The summed E-state index contributed by atoms with van der Waals surface area (Å²) in [7, 11) is 0. The summed E-state index contributed by atoms with van der Waals surface area (Å²) >= 11 is 0. The molecule has 4 rings (SSSR count). The fraction of sp³-hybridized carbons (Fsp3) is 0.409. The topological polar surface area (TPSA) is 29.5 Å². The summed E-state index contributed by atoms with van der Waals surface area (Å²) < 4.78 is 5.49. The van der Waals surface area contributed by atoms with Crippen molar-refractivity contribution in [3.8, 4) is 0 Å². The summed E-state index contributed by atoms with van der Waals surface area (Å²) in [6, 6.07) is 20.6. The van der Waals surface area contributed by atoms with Crippen molar-refractivity contribution in [3.05, 3.63) is 71.8 Å². The van der Waals surface area contributed by atoms with E-state index < -0.39 is 0 Å². The van der Waals surface area contributed by atoms with Crippen LogP contribution in [-0.2, 0) is 17.8 Å². The molecule has 2 aliphatic rings. The summed E-state index contributed by atoms with van der Waals surface area (Å²) in [5, 5.41) is 0. The third kappa shape index (κ3) is 3.87. The van der Waals surface area contributed by atoms with E-state index in [1.165, 1.54) is 24.8 Å². The second-order valence-corrected chi connectivity index (χ2v) is 7.49. The summed E-state index contributed by atoms with van der Waals surface area (Å²) in [6.07, 6.45) is 3.49. The minimum atomic E-state index is -0.155. The van der Waals surface area contributed by atoms with Gasteiger partial charge in [-0.05, 0) is 48.1 Å². The van der Waals surface area contributed by atoms with Crippen molar-refractivity contribution in [1.82, 2.24) is 4.90 Å². The van der Waals surface area contributed by atoms with Gasteiger partial charge in [-0.2, -0.15) is 0 Å². The molecule has 25 heavy (non-hydrogen) atoms. The number of hydrogen-bond acceptors (Lipinski definition) is 2. The molecule has 1 saturated heterocycles. The van der Waals surface area contributed by atoms with Gasteiger partial charge in [0.1, 0.15) is 6.61 Å². The standard InChI is InChI=1S/C22H25NO2/c24-22(25-16-18-9-5-2-6-10-18)23-14-20-12-19(13-21(20)15-23)11-17-7-3-1-4-8-17/h1-10,19-21H,11-16H2/t19-,20+,21-. The molecule has 1 amide bonds. The Labute approximate surface area is 149 Å². The first-order valence-corrected chi connectivity index (χ1v) is 9.27. The molecule has 0 bridgehead atoms. The van der Waals surface area contributed by atoms with Crippen molar-refractivity contribution in [1.29, 1.82) is 0 Å². The van der Waals surface area contributed by atoms with Crippen LogP contribution in [0.15, 0.2) is 60.7 Å². The summed E-state index contributed by atoms with van der Waals surface area (Å²) in [4.78, 5) is 14.2. The van der Waals surface area contributed by atoms with Crippen LogP contribution in [0.5, 0.6) is 0 Å². The molecule has 1 heterocycles. The van der Waals surface area contributed by atoms with Crippen LogP contribution in [0.4, 0.5) is 4.79 Å². The largest absolute Gasteiger partial charge is 0.445 e. The highest BCUT2D eigenvalue weighted by atomic mass is 16.6. The van der Waals surface area contributed by atoms with Crippen LogP contribution in [0.2, 0.25) is 0 Å². The third-order valence-electron chi connectivity index (χ3n) is 5.68. The number of likely N-dealkylation sites (tertiary alicyclic amines) is 1. The Hall–Kier alpha value is -2.29. The van der Waals surface area contributed by atoms with Gasteiger partial charge in [0.15, 0.2) is 0 Å². The van der Waals surface area contributed by atoms with Crippen LogP contribution < -0.4 is 0 Å². The van der Waals surface area contributed by atoms with Crippen molar-refractivity contribution in [3.63, 3.8) is 0 Å². The van der Waals surface area contributed by atoms with Crippen molar-refractivity contribution in [2.45, 2.75) is 25.9 Å². The Morgan fingerprint density at radius 1 is 0.880 bits per heavy atom. The zero-order chi connectivity index (χ0) is 17.1. The Kier molecular flexibility index (Phi) is 4.73. The number of fused-ring (bicyclic) bond motifs is 1. The lowest BCUT2D eigenvalue weighted by Crippen LogP contribution is -2.30. The predicted octanol–water partition coefficient (Wildman–Crippen LogP) is 4.52. The number of carbonyl (C=O) groups is 1. The maximum absolute atomic E-state index is 12.3. The molecule has 3 atom stereocenters. The highest BCUT2D eigenvalue weighted by molar-refractivity contribution is 5.68. The zero-order valence-electron chi connectivity index (χ0n) is 14.5. The van der Waals surface area contributed by atoms with Gasteiger partial charge in [0.2, 0.25) is 0 Å². The fourth-order valence-electron chi connectivity index (χ4n) is 4.50. The molecule has 130 valence electrons. The Balaban J connectivity index is 1.25. The average Bonchev–Trinajstić information content (AvgIpc) is 3.20. The number of rotatable bonds is 4. The molecule has 2 fully saturated rings. The van der Waals surface area contributed by atoms with E-state index in [0.717, 1.165) is 24.6 Å². The molecule has 2 aromatic rings. The van der Waals surface area contributed by atoms with E-state index in [0.29, 0.717) is 18.4 Å². The number of hydrogen-bond donors (Lipinski definition) is 0. The molecule has 1 aliphatic carbocycles. The van der Waals surface area contributed by atoms with Gasteiger partial charge >= 0.3 is 6.09 Å². The lowest BCUT2D eigenvalue weighted by atomic mass is 9.96. The number of benzene rings is 2. The van der Waals surface area contributed by atoms with Gasteiger partial charge in [-0.3, -0.25) is 0 Å².